The summed E-state index contributed by atoms with van der Waals surface area (Å²) in [5.41, 5.74) is 4.30. The SMILES string of the molecule is CCN(CC(=O)Nc1ccc(C)cc1)c1cccc(C)c1. The maximum atomic E-state index is 12.2. The van der Waals surface area contributed by atoms with Gasteiger partial charge in [0.25, 0.3) is 0 Å². The van der Waals surface area contributed by atoms with E-state index in [-0.39, 0.29) is 5.91 Å². The first-order valence-corrected chi connectivity index (χ1v) is 7.26. The van der Waals surface area contributed by atoms with Crippen LogP contribution in [0.3, 0.4) is 0 Å². The van der Waals surface area contributed by atoms with Crippen LogP contribution in [-0.4, -0.2) is 19.0 Å². The van der Waals surface area contributed by atoms with Crippen LogP contribution in [0.25, 0.3) is 0 Å². The third-order valence-electron chi connectivity index (χ3n) is 3.42. The molecule has 3 nitrogen and oxygen atoms in total. The molecule has 0 heterocycles. The molecular formula is C18H22N2O. The average molecular weight is 282 g/mol. The second-order valence-corrected chi connectivity index (χ2v) is 5.27. The molecule has 1 N–H and O–H groups in total. The van der Waals surface area contributed by atoms with Crippen LogP contribution in [0.5, 0.6) is 0 Å². The highest BCUT2D eigenvalue weighted by molar-refractivity contribution is 5.94. The van der Waals surface area contributed by atoms with E-state index in [9.17, 15) is 4.79 Å². The molecule has 21 heavy (non-hydrogen) atoms. The van der Waals surface area contributed by atoms with Crippen LogP contribution in [0.4, 0.5) is 11.4 Å². The smallest absolute Gasteiger partial charge is 0.243 e. The molecule has 2 rings (SSSR count). The summed E-state index contributed by atoms with van der Waals surface area (Å²) in [7, 11) is 0. The lowest BCUT2D eigenvalue weighted by molar-refractivity contribution is -0.115. The number of aryl methyl sites for hydroxylation is 2. The number of nitrogens with one attached hydrogen (secondary N) is 1. The molecule has 110 valence electrons. The first kappa shape index (κ1) is 15.1. The molecule has 0 aliphatic carbocycles. The van der Waals surface area contributed by atoms with Crippen LogP contribution >= 0.6 is 0 Å². The molecule has 0 radical (unpaired) electrons. The number of nitrogens with zero attached hydrogens (tertiary/aromatic N) is 1. The molecule has 0 unspecified atom stereocenters. The van der Waals surface area contributed by atoms with E-state index in [0.29, 0.717) is 6.54 Å². The van der Waals surface area contributed by atoms with Gasteiger partial charge in [-0.15, -0.1) is 0 Å². The van der Waals surface area contributed by atoms with Gasteiger partial charge in [0.05, 0.1) is 6.54 Å². The van der Waals surface area contributed by atoms with Crippen LogP contribution in [0.15, 0.2) is 48.5 Å². The van der Waals surface area contributed by atoms with E-state index in [4.69, 9.17) is 0 Å². The fourth-order valence-corrected chi connectivity index (χ4v) is 2.22. The molecular weight excluding hydrogens is 260 g/mol. The summed E-state index contributed by atoms with van der Waals surface area (Å²) < 4.78 is 0. The first-order valence-electron chi connectivity index (χ1n) is 7.26. The zero-order chi connectivity index (χ0) is 15.2. The molecule has 0 aliphatic heterocycles. The van der Waals surface area contributed by atoms with Crippen molar-refractivity contribution in [2.45, 2.75) is 20.8 Å². The second-order valence-electron chi connectivity index (χ2n) is 5.27. The highest BCUT2D eigenvalue weighted by atomic mass is 16.2. The van der Waals surface area contributed by atoms with Gasteiger partial charge >= 0.3 is 0 Å². The molecule has 0 aromatic heterocycles. The molecule has 3 heteroatoms. The third kappa shape index (κ3) is 4.35. The Morgan fingerprint density at radius 1 is 1.05 bits per heavy atom. The van der Waals surface area contributed by atoms with Crippen molar-refractivity contribution in [2.75, 3.05) is 23.3 Å². The average Bonchev–Trinajstić information content (AvgIpc) is 2.47. The molecule has 0 bridgehead atoms. The summed E-state index contributed by atoms with van der Waals surface area (Å²) in [6.07, 6.45) is 0. The highest BCUT2D eigenvalue weighted by Gasteiger charge is 2.10. The Morgan fingerprint density at radius 3 is 2.38 bits per heavy atom. The van der Waals surface area contributed by atoms with Crippen molar-refractivity contribution in [3.63, 3.8) is 0 Å². The van der Waals surface area contributed by atoms with Gasteiger partial charge in [0.1, 0.15) is 0 Å². The standard InChI is InChI=1S/C18H22N2O/c1-4-20(17-7-5-6-15(3)12-17)13-18(21)19-16-10-8-14(2)9-11-16/h5-12H,4,13H2,1-3H3,(H,19,21). The number of amides is 1. The van der Waals surface area contributed by atoms with Crippen molar-refractivity contribution in [2.24, 2.45) is 0 Å². The predicted octanol–water partition coefficient (Wildman–Crippen LogP) is 3.77. The summed E-state index contributed by atoms with van der Waals surface area (Å²) in [6.45, 7) is 7.30. The molecule has 0 fully saturated rings. The van der Waals surface area contributed by atoms with Gasteiger partial charge in [-0.3, -0.25) is 4.79 Å². The van der Waals surface area contributed by atoms with Gasteiger partial charge in [-0.2, -0.15) is 0 Å². The Balaban J connectivity index is 2.01. The van der Waals surface area contributed by atoms with E-state index >= 15 is 0 Å². The largest absolute Gasteiger partial charge is 0.362 e. The monoisotopic (exact) mass is 282 g/mol. The molecule has 0 saturated heterocycles. The maximum Gasteiger partial charge on any atom is 0.243 e. The minimum Gasteiger partial charge on any atom is -0.362 e. The molecule has 0 atom stereocenters. The Bertz CT molecular complexity index is 605. The lowest BCUT2D eigenvalue weighted by Crippen LogP contribution is -2.33. The van der Waals surface area contributed by atoms with E-state index in [1.165, 1.54) is 11.1 Å². The minimum absolute atomic E-state index is 0.00205. The Labute approximate surface area is 126 Å². The lowest BCUT2D eigenvalue weighted by atomic mass is 10.2. The third-order valence-corrected chi connectivity index (χ3v) is 3.42. The zero-order valence-electron chi connectivity index (χ0n) is 12.9. The molecule has 0 aliphatic rings. The van der Waals surface area contributed by atoms with Crippen molar-refractivity contribution >= 4 is 17.3 Å². The first-order chi connectivity index (χ1) is 10.1. The van der Waals surface area contributed by atoms with Gasteiger partial charge in [-0.05, 0) is 50.6 Å². The molecule has 2 aromatic carbocycles. The number of benzene rings is 2. The zero-order valence-corrected chi connectivity index (χ0v) is 12.9. The number of carbonyl (C=O) groups excluding carboxylic acids is 1. The molecule has 0 spiro atoms. The Morgan fingerprint density at radius 2 is 1.76 bits per heavy atom. The van der Waals surface area contributed by atoms with Gasteiger partial charge in [0, 0.05) is 17.9 Å². The Hall–Kier alpha value is -2.29. The van der Waals surface area contributed by atoms with Crippen molar-refractivity contribution in [3.05, 3.63) is 59.7 Å². The second kappa shape index (κ2) is 6.93. The van der Waals surface area contributed by atoms with Crippen LogP contribution in [0.2, 0.25) is 0 Å². The molecule has 1 amide bonds. The van der Waals surface area contributed by atoms with Gasteiger partial charge in [0.15, 0.2) is 0 Å². The van der Waals surface area contributed by atoms with E-state index in [1.807, 2.05) is 43.3 Å². The van der Waals surface area contributed by atoms with Gasteiger partial charge in [0.2, 0.25) is 5.91 Å². The Kier molecular flexibility index (Phi) is 4.99. The van der Waals surface area contributed by atoms with Crippen molar-refractivity contribution in [1.82, 2.24) is 0 Å². The summed E-state index contributed by atoms with van der Waals surface area (Å²) >= 11 is 0. The molecule has 0 saturated carbocycles. The number of anilines is 2. The van der Waals surface area contributed by atoms with Crippen molar-refractivity contribution in [3.8, 4) is 0 Å². The van der Waals surface area contributed by atoms with Crippen LogP contribution < -0.4 is 10.2 Å². The number of hydrogen-bond acceptors (Lipinski definition) is 2. The van der Waals surface area contributed by atoms with Gasteiger partial charge < -0.3 is 10.2 Å². The summed E-state index contributed by atoms with van der Waals surface area (Å²) in [5.74, 6) is 0.00205. The molecule has 2 aromatic rings. The van der Waals surface area contributed by atoms with Crippen LogP contribution in [0.1, 0.15) is 18.1 Å². The highest BCUT2D eigenvalue weighted by Crippen LogP contribution is 2.16. The quantitative estimate of drug-likeness (QED) is 0.905. The van der Waals surface area contributed by atoms with E-state index < -0.39 is 0 Å². The number of carbonyl (C=O) groups is 1. The lowest BCUT2D eigenvalue weighted by Gasteiger charge is -2.23. The summed E-state index contributed by atoms with van der Waals surface area (Å²) in [5, 5.41) is 2.94. The van der Waals surface area contributed by atoms with E-state index in [0.717, 1.165) is 17.9 Å². The number of hydrogen-bond donors (Lipinski definition) is 1. The fraction of sp³-hybridized carbons (Fsp3) is 0.278. The van der Waals surface area contributed by atoms with Gasteiger partial charge in [-0.1, -0.05) is 29.8 Å². The normalized spacial score (nSPS) is 10.2. The summed E-state index contributed by atoms with van der Waals surface area (Å²) in [4.78, 5) is 14.2. The fourth-order valence-electron chi connectivity index (χ4n) is 2.22. The number of rotatable bonds is 5. The minimum atomic E-state index is 0.00205. The van der Waals surface area contributed by atoms with Crippen molar-refractivity contribution in [1.29, 1.82) is 0 Å². The predicted molar refractivity (Wildman–Crippen MR) is 88.9 cm³/mol. The van der Waals surface area contributed by atoms with E-state index in [1.54, 1.807) is 0 Å². The van der Waals surface area contributed by atoms with Crippen LogP contribution in [-0.2, 0) is 4.79 Å². The maximum absolute atomic E-state index is 12.2. The van der Waals surface area contributed by atoms with Crippen molar-refractivity contribution < 1.29 is 4.79 Å². The van der Waals surface area contributed by atoms with Gasteiger partial charge in [-0.25, -0.2) is 0 Å². The summed E-state index contributed by atoms with van der Waals surface area (Å²) in [6, 6.07) is 16.1. The van der Waals surface area contributed by atoms with Crippen LogP contribution in [0, 0.1) is 13.8 Å². The number of likely N-dealkylation sites (N-methyl/N-ethyl adjacent to an activating group) is 1. The topological polar surface area (TPSA) is 32.3 Å². The van der Waals surface area contributed by atoms with E-state index in [2.05, 4.69) is 36.2 Å².